The number of ether oxygens (including phenoxy) is 1. The molecule has 3 aromatic heterocycles. The van der Waals surface area contributed by atoms with Gasteiger partial charge in [0, 0.05) is 34.2 Å². The van der Waals surface area contributed by atoms with Gasteiger partial charge < -0.3 is 15.0 Å². The molecule has 0 aliphatic heterocycles. The summed E-state index contributed by atoms with van der Waals surface area (Å²) in [5.41, 5.74) is 6.15. The Bertz CT molecular complexity index is 1310. The number of aromatic nitrogens is 5. The van der Waals surface area contributed by atoms with Crippen LogP contribution in [0.5, 0.6) is 5.75 Å². The first-order valence-corrected chi connectivity index (χ1v) is 9.56. The Morgan fingerprint density at radius 2 is 1.77 bits per heavy atom. The molecule has 0 bridgehead atoms. The van der Waals surface area contributed by atoms with Gasteiger partial charge in [-0.3, -0.25) is 5.10 Å². The molecule has 7 nitrogen and oxygen atoms in total. The largest absolute Gasteiger partial charge is 0.491 e. The average molecular weight is 396 g/mol. The van der Waals surface area contributed by atoms with Crippen molar-refractivity contribution in [1.29, 1.82) is 0 Å². The molecular weight excluding hydrogens is 376 g/mol. The summed E-state index contributed by atoms with van der Waals surface area (Å²) in [5, 5.41) is 11.3. The van der Waals surface area contributed by atoms with Gasteiger partial charge in [0.1, 0.15) is 0 Å². The van der Waals surface area contributed by atoms with Crippen LogP contribution in [0.15, 0.2) is 67.1 Å². The van der Waals surface area contributed by atoms with Crippen molar-refractivity contribution in [2.75, 3.05) is 12.4 Å². The number of rotatable bonds is 5. The highest BCUT2D eigenvalue weighted by Gasteiger charge is 2.11. The van der Waals surface area contributed by atoms with E-state index in [0.29, 0.717) is 17.4 Å². The summed E-state index contributed by atoms with van der Waals surface area (Å²) >= 11 is 0. The number of hydrogen-bond acceptors (Lipinski definition) is 5. The Morgan fingerprint density at radius 1 is 0.933 bits per heavy atom. The number of methoxy groups -OCH3 is 1. The number of fused-ring (bicyclic) bond motifs is 1. The summed E-state index contributed by atoms with van der Waals surface area (Å²) in [6.45, 7) is 2.05. The fraction of sp³-hybridized carbons (Fsp3) is 0.0870. The van der Waals surface area contributed by atoms with E-state index in [9.17, 15) is 0 Å². The molecule has 0 saturated heterocycles. The second-order valence-corrected chi connectivity index (χ2v) is 7.05. The quantitative estimate of drug-likeness (QED) is 0.385. The predicted molar refractivity (Wildman–Crippen MR) is 118 cm³/mol. The first-order valence-electron chi connectivity index (χ1n) is 9.56. The van der Waals surface area contributed by atoms with E-state index in [4.69, 9.17) is 9.72 Å². The molecule has 0 radical (unpaired) electrons. The smallest absolute Gasteiger partial charge is 0.179 e. The molecule has 148 valence electrons. The lowest BCUT2D eigenvalue weighted by atomic mass is 10.1. The minimum absolute atomic E-state index is 0.578. The van der Waals surface area contributed by atoms with Gasteiger partial charge in [-0.05, 0) is 42.1 Å². The van der Waals surface area contributed by atoms with E-state index in [1.807, 2.05) is 43.5 Å². The molecule has 2 aromatic carbocycles. The third kappa shape index (κ3) is 3.37. The summed E-state index contributed by atoms with van der Waals surface area (Å²) in [5.74, 6) is 1.82. The summed E-state index contributed by atoms with van der Waals surface area (Å²) in [6.07, 6.45) is 5.35. The molecule has 5 aromatic rings. The first-order chi connectivity index (χ1) is 14.7. The van der Waals surface area contributed by atoms with Crippen molar-refractivity contribution in [3.63, 3.8) is 0 Å². The Hall–Kier alpha value is -4.13. The Morgan fingerprint density at radius 3 is 2.53 bits per heavy atom. The van der Waals surface area contributed by atoms with Crippen molar-refractivity contribution >= 4 is 22.4 Å². The Balaban J connectivity index is 1.46. The van der Waals surface area contributed by atoms with Crippen LogP contribution >= 0.6 is 0 Å². The number of nitrogens with one attached hydrogen (secondary N) is 3. The fourth-order valence-corrected chi connectivity index (χ4v) is 3.45. The van der Waals surface area contributed by atoms with Crippen molar-refractivity contribution in [2.45, 2.75) is 6.92 Å². The molecule has 3 N–H and O–H groups in total. The Kier molecular flexibility index (Phi) is 4.40. The molecule has 5 rings (SSSR count). The van der Waals surface area contributed by atoms with Crippen LogP contribution in [0.2, 0.25) is 0 Å². The highest BCUT2D eigenvalue weighted by Crippen LogP contribution is 2.30. The maximum Gasteiger partial charge on any atom is 0.179 e. The normalized spacial score (nSPS) is 11.0. The fourth-order valence-electron chi connectivity index (χ4n) is 3.45. The Labute approximate surface area is 173 Å². The van der Waals surface area contributed by atoms with Gasteiger partial charge in [0.05, 0.1) is 19.5 Å². The molecule has 7 heteroatoms. The number of nitrogens with zero attached hydrogens (tertiary/aromatic N) is 3. The minimum atomic E-state index is 0.578. The van der Waals surface area contributed by atoms with E-state index >= 15 is 0 Å². The van der Waals surface area contributed by atoms with E-state index in [2.05, 4.69) is 43.7 Å². The maximum absolute atomic E-state index is 5.46. The molecule has 0 amide bonds. The molecule has 30 heavy (non-hydrogen) atoms. The molecule has 0 aliphatic carbocycles. The van der Waals surface area contributed by atoms with Crippen LogP contribution in [0.3, 0.4) is 0 Å². The summed E-state index contributed by atoms with van der Waals surface area (Å²) in [6, 6.07) is 16.3. The number of anilines is 2. The zero-order valence-corrected chi connectivity index (χ0v) is 16.6. The summed E-state index contributed by atoms with van der Waals surface area (Å²) < 4.78 is 5.46. The van der Waals surface area contributed by atoms with Gasteiger partial charge in [-0.15, -0.1) is 0 Å². The second-order valence-electron chi connectivity index (χ2n) is 7.05. The molecule has 0 fully saturated rings. The van der Waals surface area contributed by atoms with Crippen LogP contribution in [-0.2, 0) is 0 Å². The molecule has 0 atom stereocenters. The zero-order valence-electron chi connectivity index (χ0n) is 16.6. The van der Waals surface area contributed by atoms with E-state index in [-0.39, 0.29) is 0 Å². The third-order valence-corrected chi connectivity index (χ3v) is 4.97. The highest BCUT2D eigenvalue weighted by molar-refractivity contribution is 5.84. The first kappa shape index (κ1) is 17.9. The van der Waals surface area contributed by atoms with Crippen LogP contribution in [0.4, 0.5) is 11.5 Å². The monoisotopic (exact) mass is 396 g/mol. The number of hydrogen-bond donors (Lipinski definition) is 3. The third-order valence-electron chi connectivity index (χ3n) is 4.97. The van der Waals surface area contributed by atoms with Gasteiger partial charge in [-0.25, -0.2) is 9.97 Å². The van der Waals surface area contributed by atoms with Crippen molar-refractivity contribution in [3.8, 4) is 28.3 Å². The van der Waals surface area contributed by atoms with Crippen LogP contribution in [0.1, 0.15) is 5.69 Å². The van der Waals surface area contributed by atoms with Crippen LogP contribution < -0.4 is 10.1 Å². The summed E-state index contributed by atoms with van der Waals surface area (Å²) in [7, 11) is 1.61. The van der Waals surface area contributed by atoms with Crippen molar-refractivity contribution in [3.05, 3.63) is 72.8 Å². The van der Waals surface area contributed by atoms with Crippen molar-refractivity contribution in [1.82, 2.24) is 25.1 Å². The van der Waals surface area contributed by atoms with Crippen molar-refractivity contribution < 1.29 is 4.74 Å². The lowest BCUT2D eigenvalue weighted by Gasteiger charge is -2.12. The molecule has 3 heterocycles. The number of aromatic amines is 2. The van der Waals surface area contributed by atoms with Crippen LogP contribution in [0.25, 0.3) is 33.4 Å². The SMILES string of the molecule is COc1cnc(-c2ccc3cc(C)[nH]c3c2)nc1Nc1ccc(-c2cn[nH]c2)cc1. The molecule has 0 spiro atoms. The van der Waals surface area contributed by atoms with Crippen LogP contribution in [-0.4, -0.2) is 32.3 Å². The van der Waals surface area contributed by atoms with Crippen molar-refractivity contribution in [2.24, 2.45) is 0 Å². The van der Waals surface area contributed by atoms with Gasteiger partial charge in [0.2, 0.25) is 0 Å². The number of H-pyrrole nitrogens is 2. The summed E-state index contributed by atoms with van der Waals surface area (Å²) in [4.78, 5) is 12.6. The molecule has 0 saturated carbocycles. The molecule has 0 aliphatic rings. The van der Waals surface area contributed by atoms with Gasteiger partial charge >= 0.3 is 0 Å². The lowest BCUT2D eigenvalue weighted by molar-refractivity contribution is 0.413. The van der Waals surface area contributed by atoms with Crippen LogP contribution in [0, 0.1) is 6.92 Å². The topological polar surface area (TPSA) is 91.5 Å². The number of benzene rings is 2. The minimum Gasteiger partial charge on any atom is -0.491 e. The standard InChI is InChI=1S/C23H20N6O/c1-14-9-16-3-4-17(10-20(16)27-14)22-24-13-21(30-2)23(29-22)28-19-7-5-15(6-8-19)18-11-25-26-12-18/h3-13,27H,1-2H3,(H,25,26)(H,24,28,29). The van der Waals surface area contributed by atoms with E-state index in [1.54, 1.807) is 19.5 Å². The molecular formula is C23H20N6O. The van der Waals surface area contributed by atoms with E-state index in [0.717, 1.165) is 33.6 Å². The zero-order chi connectivity index (χ0) is 20.5. The van der Waals surface area contributed by atoms with E-state index < -0.39 is 0 Å². The van der Waals surface area contributed by atoms with Gasteiger partial charge in [0.25, 0.3) is 0 Å². The number of aryl methyl sites for hydroxylation is 1. The highest BCUT2D eigenvalue weighted by atomic mass is 16.5. The molecule has 0 unspecified atom stereocenters. The van der Waals surface area contributed by atoms with E-state index in [1.165, 1.54) is 5.39 Å². The maximum atomic E-state index is 5.46. The predicted octanol–water partition coefficient (Wildman–Crippen LogP) is 5.08. The average Bonchev–Trinajstić information content (AvgIpc) is 3.42. The van der Waals surface area contributed by atoms with Gasteiger partial charge in [-0.1, -0.05) is 24.3 Å². The van der Waals surface area contributed by atoms with Gasteiger partial charge in [0.15, 0.2) is 17.4 Å². The van der Waals surface area contributed by atoms with Gasteiger partial charge in [-0.2, -0.15) is 5.10 Å². The lowest BCUT2D eigenvalue weighted by Crippen LogP contribution is -2.00. The second kappa shape index (κ2) is 7.36.